The minimum Gasteiger partial charge on any atom is -0.356 e. The van der Waals surface area contributed by atoms with E-state index in [9.17, 15) is 0 Å². The zero-order valence-electron chi connectivity index (χ0n) is 10.5. The number of hydrogen-bond acceptors (Lipinski definition) is 4. The highest BCUT2D eigenvalue weighted by molar-refractivity contribution is 6.29. The van der Waals surface area contributed by atoms with Crippen LogP contribution in [-0.2, 0) is 0 Å². The van der Waals surface area contributed by atoms with Crippen molar-refractivity contribution in [2.24, 2.45) is 11.8 Å². The molecule has 0 spiro atoms. The number of aromatic nitrogens is 4. The Morgan fingerprint density at radius 3 is 3.00 bits per heavy atom. The lowest BCUT2D eigenvalue weighted by Crippen LogP contribution is -2.24. The van der Waals surface area contributed by atoms with E-state index in [0.29, 0.717) is 16.8 Å². The summed E-state index contributed by atoms with van der Waals surface area (Å²) in [7, 11) is 0. The Kier molecular flexibility index (Phi) is 2.86. The Balaban J connectivity index is 1.97. The molecule has 1 unspecified atom stereocenters. The van der Waals surface area contributed by atoms with Crippen LogP contribution in [0.4, 0.5) is 5.82 Å². The second kappa shape index (κ2) is 4.39. The number of halogens is 1. The molecule has 0 amide bonds. The molecular weight excluding hydrogens is 250 g/mol. The number of rotatable bonds is 2. The smallest absolute Gasteiger partial charge is 0.255 e. The van der Waals surface area contributed by atoms with E-state index in [1.54, 1.807) is 4.52 Å². The maximum absolute atomic E-state index is 6.04. The summed E-state index contributed by atoms with van der Waals surface area (Å²) >= 11 is 6.04. The molecule has 2 aromatic heterocycles. The molecule has 96 valence electrons. The lowest BCUT2D eigenvalue weighted by atomic mass is 9.95. The van der Waals surface area contributed by atoms with Crippen LogP contribution in [0.15, 0.2) is 12.4 Å². The third-order valence-corrected chi connectivity index (χ3v) is 3.89. The van der Waals surface area contributed by atoms with Crippen LogP contribution in [0.3, 0.4) is 0 Å². The third-order valence-electron chi connectivity index (χ3n) is 3.69. The average Bonchev–Trinajstić information content (AvgIpc) is 2.95. The minimum absolute atomic E-state index is 0.471. The fourth-order valence-electron chi connectivity index (χ4n) is 2.53. The zero-order valence-corrected chi connectivity index (χ0v) is 11.3. The van der Waals surface area contributed by atoms with Crippen LogP contribution in [0.2, 0.25) is 5.15 Å². The summed E-state index contributed by atoms with van der Waals surface area (Å²) in [6.45, 7) is 6.64. The maximum atomic E-state index is 6.04. The van der Waals surface area contributed by atoms with Gasteiger partial charge in [-0.2, -0.15) is 19.6 Å². The zero-order chi connectivity index (χ0) is 12.7. The van der Waals surface area contributed by atoms with Crippen molar-refractivity contribution in [1.29, 1.82) is 0 Å². The van der Waals surface area contributed by atoms with Gasteiger partial charge in [-0.3, -0.25) is 0 Å². The Hall–Kier alpha value is -1.36. The van der Waals surface area contributed by atoms with Crippen LogP contribution in [-0.4, -0.2) is 32.7 Å². The predicted octanol–water partition coefficient (Wildman–Crippen LogP) is 2.26. The van der Waals surface area contributed by atoms with E-state index in [0.717, 1.165) is 24.8 Å². The molecule has 0 bridgehead atoms. The van der Waals surface area contributed by atoms with Crippen LogP contribution in [0, 0.1) is 11.8 Å². The minimum atomic E-state index is 0.471. The van der Waals surface area contributed by atoms with Crippen molar-refractivity contribution in [1.82, 2.24) is 19.6 Å². The van der Waals surface area contributed by atoms with E-state index in [2.05, 4.69) is 33.8 Å². The fraction of sp³-hybridized carbons (Fsp3) is 0.583. The van der Waals surface area contributed by atoms with Gasteiger partial charge < -0.3 is 4.90 Å². The van der Waals surface area contributed by atoms with E-state index < -0.39 is 0 Å². The molecular formula is C12H16ClN5. The quantitative estimate of drug-likeness (QED) is 0.782. The molecule has 1 aliphatic heterocycles. The molecule has 0 aliphatic carbocycles. The molecule has 0 radical (unpaired) electrons. The fourth-order valence-corrected chi connectivity index (χ4v) is 2.71. The van der Waals surface area contributed by atoms with Crippen molar-refractivity contribution in [3.63, 3.8) is 0 Å². The standard InChI is InChI=1S/C12H16ClN5/c1-8(2)9-3-4-17(6-9)11-5-10(13)16-12-14-7-15-18(11)12/h5,7-9H,3-4,6H2,1-2H3. The number of nitrogens with zero attached hydrogens (tertiary/aromatic N) is 5. The molecule has 5 nitrogen and oxygen atoms in total. The van der Waals surface area contributed by atoms with Gasteiger partial charge in [0, 0.05) is 19.2 Å². The molecule has 2 aromatic rings. The first-order valence-corrected chi connectivity index (χ1v) is 6.64. The highest BCUT2D eigenvalue weighted by Crippen LogP contribution is 2.29. The van der Waals surface area contributed by atoms with Gasteiger partial charge in [-0.25, -0.2) is 0 Å². The van der Waals surface area contributed by atoms with E-state index in [4.69, 9.17) is 11.6 Å². The predicted molar refractivity (Wildman–Crippen MR) is 71.0 cm³/mol. The highest BCUT2D eigenvalue weighted by Gasteiger charge is 2.27. The van der Waals surface area contributed by atoms with Gasteiger partial charge in [0.1, 0.15) is 17.3 Å². The Labute approximate surface area is 111 Å². The SMILES string of the molecule is CC(C)C1CCN(c2cc(Cl)nc3ncnn23)C1. The van der Waals surface area contributed by atoms with Gasteiger partial charge in [-0.05, 0) is 18.3 Å². The first-order chi connectivity index (χ1) is 8.65. The first kappa shape index (κ1) is 11.7. The molecule has 1 saturated heterocycles. The van der Waals surface area contributed by atoms with Crippen LogP contribution in [0.25, 0.3) is 5.78 Å². The summed E-state index contributed by atoms with van der Waals surface area (Å²) in [6.07, 6.45) is 2.73. The molecule has 3 rings (SSSR count). The molecule has 0 saturated carbocycles. The van der Waals surface area contributed by atoms with Gasteiger partial charge in [0.05, 0.1) is 0 Å². The van der Waals surface area contributed by atoms with E-state index in [1.165, 1.54) is 12.7 Å². The van der Waals surface area contributed by atoms with Gasteiger partial charge in [0.25, 0.3) is 5.78 Å². The summed E-state index contributed by atoms with van der Waals surface area (Å²) in [6, 6.07) is 1.87. The molecule has 0 aromatic carbocycles. The number of fused-ring (bicyclic) bond motifs is 1. The third kappa shape index (κ3) is 1.92. The lowest BCUT2D eigenvalue weighted by Gasteiger charge is -2.20. The molecule has 0 N–H and O–H groups in total. The molecule has 1 atom stereocenters. The second-order valence-corrected chi connectivity index (χ2v) is 5.53. The average molecular weight is 266 g/mol. The van der Waals surface area contributed by atoms with Crippen LogP contribution < -0.4 is 4.90 Å². The van der Waals surface area contributed by atoms with Crippen LogP contribution >= 0.6 is 11.6 Å². The highest BCUT2D eigenvalue weighted by atomic mass is 35.5. The van der Waals surface area contributed by atoms with Gasteiger partial charge in [0.2, 0.25) is 0 Å². The van der Waals surface area contributed by atoms with E-state index in [1.807, 2.05) is 6.07 Å². The summed E-state index contributed by atoms with van der Waals surface area (Å²) in [5.74, 6) is 2.99. The Morgan fingerprint density at radius 1 is 1.44 bits per heavy atom. The summed E-state index contributed by atoms with van der Waals surface area (Å²) in [5, 5.41) is 4.69. The van der Waals surface area contributed by atoms with Crippen molar-refractivity contribution in [3.8, 4) is 0 Å². The molecule has 6 heteroatoms. The molecule has 3 heterocycles. The first-order valence-electron chi connectivity index (χ1n) is 6.26. The van der Waals surface area contributed by atoms with E-state index >= 15 is 0 Å². The molecule has 18 heavy (non-hydrogen) atoms. The topological polar surface area (TPSA) is 46.3 Å². The largest absolute Gasteiger partial charge is 0.356 e. The van der Waals surface area contributed by atoms with E-state index in [-0.39, 0.29) is 0 Å². The lowest BCUT2D eigenvalue weighted by molar-refractivity contribution is 0.422. The summed E-state index contributed by atoms with van der Waals surface area (Å²) < 4.78 is 1.76. The van der Waals surface area contributed by atoms with Crippen molar-refractivity contribution >= 4 is 23.2 Å². The van der Waals surface area contributed by atoms with Gasteiger partial charge in [-0.15, -0.1) is 0 Å². The Bertz CT molecular complexity index is 565. The summed E-state index contributed by atoms with van der Waals surface area (Å²) in [5.41, 5.74) is 0. The van der Waals surface area contributed by atoms with Crippen LogP contribution in [0.5, 0.6) is 0 Å². The van der Waals surface area contributed by atoms with Gasteiger partial charge in [0.15, 0.2) is 0 Å². The molecule has 1 aliphatic rings. The summed E-state index contributed by atoms with van der Waals surface area (Å²) in [4.78, 5) is 10.6. The van der Waals surface area contributed by atoms with Crippen LogP contribution in [0.1, 0.15) is 20.3 Å². The second-order valence-electron chi connectivity index (χ2n) is 5.15. The van der Waals surface area contributed by atoms with Crippen molar-refractivity contribution < 1.29 is 0 Å². The monoisotopic (exact) mass is 265 g/mol. The van der Waals surface area contributed by atoms with Crippen molar-refractivity contribution in [2.75, 3.05) is 18.0 Å². The maximum Gasteiger partial charge on any atom is 0.255 e. The number of anilines is 1. The van der Waals surface area contributed by atoms with Crippen molar-refractivity contribution in [2.45, 2.75) is 20.3 Å². The van der Waals surface area contributed by atoms with Gasteiger partial charge >= 0.3 is 0 Å². The molecule has 1 fully saturated rings. The Morgan fingerprint density at radius 2 is 2.28 bits per heavy atom. The van der Waals surface area contributed by atoms with Crippen molar-refractivity contribution in [3.05, 3.63) is 17.5 Å². The van der Waals surface area contributed by atoms with Gasteiger partial charge in [-0.1, -0.05) is 25.4 Å². The normalized spacial score (nSPS) is 20.2. The number of hydrogen-bond donors (Lipinski definition) is 0.